The lowest BCUT2D eigenvalue weighted by atomic mass is 10.3. The largest absolute Gasteiger partial charge is 0.488 e. The molecule has 0 saturated carbocycles. The van der Waals surface area contributed by atoms with Crippen LogP contribution in [0, 0.1) is 13.8 Å². The Bertz CT molecular complexity index is 281. The highest BCUT2D eigenvalue weighted by Gasteiger charge is 2.10. The number of hydrogen-bond acceptors (Lipinski definition) is 3. The summed E-state index contributed by atoms with van der Waals surface area (Å²) in [6.45, 7) is 7.98. The lowest BCUT2D eigenvalue weighted by Crippen LogP contribution is -2.11. The molecule has 0 unspecified atom stereocenters. The minimum atomic E-state index is 0.538. The predicted octanol–water partition coefficient (Wildman–Crippen LogP) is 0.857. The van der Waals surface area contributed by atoms with Gasteiger partial charge in [-0.05, 0) is 20.8 Å². The number of nitrogens with zero attached hydrogens (tertiary/aromatic N) is 2. The van der Waals surface area contributed by atoms with Gasteiger partial charge in [-0.3, -0.25) is 4.68 Å². The average Bonchev–Trinajstić information content (AvgIpc) is 2.39. The van der Waals surface area contributed by atoms with E-state index in [9.17, 15) is 0 Å². The van der Waals surface area contributed by atoms with Crippen molar-refractivity contribution in [1.82, 2.24) is 9.78 Å². The van der Waals surface area contributed by atoms with E-state index in [1.54, 1.807) is 0 Å². The van der Waals surface area contributed by atoms with Crippen LogP contribution in [0.5, 0.6) is 5.75 Å². The van der Waals surface area contributed by atoms with E-state index < -0.39 is 0 Å². The average molecular weight is 183 g/mol. The number of rotatable bonds is 4. The highest BCUT2D eigenvalue weighted by molar-refractivity contribution is 5.31. The minimum absolute atomic E-state index is 0.538. The molecule has 2 N–H and O–H groups in total. The van der Waals surface area contributed by atoms with Crippen LogP contribution in [-0.2, 0) is 6.54 Å². The van der Waals surface area contributed by atoms with Crippen molar-refractivity contribution >= 4 is 0 Å². The van der Waals surface area contributed by atoms with Crippen molar-refractivity contribution in [2.45, 2.75) is 27.3 Å². The second kappa shape index (κ2) is 4.28. The Labute approximate surface area is 78.7 Å². The molecular weight excluding hydrogens is 166 g/mol. The van der Waals surface area contributed by atoms with Crippen LogP contribution in [0.4, 0.5) is 0 Å². The van der Waals surface area contributed by atoms with Crippen molar-refractivity contribution < 1.29 is 4.74 Å². The molecule has 0 aliphatic carbocycles. The van der Waals surface area contributed by atoms with Crippen molar-refractivity contribution in [2.24, 2.45) is 5.73 Å². The Hall–Kier alpha value is -1.03. The molecule has 0 spiro atoms. The van der Waals surface area contributed by atoms with Crippen molar-refractivity contribution in [3.63, 3.8) is 0 Å². The molecule has 74 valence electrons. The predicted molar refractivity (Wildman–Crippen MR) is 51.9 cm³/mol. The molecule has 1 aromatic rings. The van der Waals surface area contributed by atoms with Gasteiger partial charge in [-0.25, -0.2) is 0 Å². The molecule has 0 aliphatic heterocycles. The van der Waals surface area contributed by atoms with E-state index in [0.717, 1.165) is 23.7 Å². The second-order valence-electron chi connectivity index (χ2n) is 2.95. The molecule has 0 saturated heterocycles. The Morgan fingerprint density at radius 1 is 1.46 bits per heavy atom. The zero-order valence-corrected chi connectivity index (χ0v) is 8.50. The van der Waals surface area contributed by atoms with E-state index in [4.69, 9.17) is 10.5 Å². The van der Waals surface area contributed by atoms with Crippen LogP contribution in [0.15, 0.2) is 0 Å². The molecule has 1 aromatic heterocycles. The van der Waals surface area contributed by atoms with Crippen molar-refractivity contribution in [2.75, 3.05) is 13.2 Å². The zero-order valence-electron chi connectivity index (χ0n) is 8.50. The first-order valence-corrected chi connectivity index (χ1v) is 4.57. The van der Waals surface area contributed by atoms with Gasteiger partial charge in [0.1, 0.15) is 12.3 Å². The molecule has 13 heavy (non-hydrogen) atoms. The molecule has 1 rings (SSSR count). The molecule has 1 heterocycles. The normalized spacial score (nSPS) is 10.5. The van der Waals surface area contributed by atoms with E-state index in [1.165, 1.54) is 0 Å². The lowest BCUT2D eigenvalue weighted by Gasteiger charge is -2.04. The first kappa shape index (κ1) is 10.1. The highest BCUT2D eigenvalue weighted by atomic mass is 16.5. The van der Waals surface area contributed by atoms with E-state index >= 15 is 0 Å². The summed E-state index contributed by atoms with van der Waals surface area (Å²) in [5.74, 6) is 0.882. The van der Waals surface area contributed by atoms with Crippen molar-refractivity contribution in [3.05, 3.63) is 11.4 Å². The van der Waals surface area contributed by atoms with E-state index in [-0.39, 0.29) is 0 Å². The van der Waals surface area contributed by atoms with Gasteiger partial charge >= 0.3 is 0 Å². The Balaban J connectivity index is 2.85. The molecule has 0 fully saturated rings. The van der Waals surface area contributed by atoms with Gasteiger partial charge in [0, 0.05) is 13.1 Å². The number of nitrogens with two attached hydrogens (primary N) is 1. The molecule has 4 nitrogen and oxygen atoms in total. The quantitative estimate of drug-likeness (QED) is 0.753. The zero-order chi connectivity index (χ0) is 9.84. The van der Waals surface area contributed by atoms with Crippen LogP contribution in [0.25, 0.3) is 0 Å². The van der Waals surface area contributed by atoms with E-state index in [1.807, 2.05) is 18.5 Å². The van der Waals surface area contributed by atoms with Crippen LogP contribution in [0.3, 0.4) is 0 Å². The topological polar surface area (TPSA) is 53.1 Å². The maximum absolute atomic E-state index is 5.49. The van der Waals surface area contributed by atoms with Gasteiger partial charge in [-0.15, -0.1) is 0 Å². The summed E-state index contributed by atoms with van der Waals surface area (Å²) in [5, 5.41) is 4.33. The second-order valence-corrected chi connectivity index (χ2v) is 2.95. The van der Waals surface area contributed by atoms with Gasteiger partial charge in [0.15, 0.2) is 5.75 Å². The molecule has 0 aliphatic rings. The lowest BCUT2D eigenvalue weighted by molar-refractivity contribution is 0.323. The van der Waals surface area contributed by atoms with E-state index in [0.29, 0.717) is 13.2 Å². The van der Waals surface area contributed by atoms with Gasteiger partial charge in [0.05, 0.1) is 5.69 Å². The summed E-state index contributed by atoms with van der Waals surface area (Å²) in [6, 6.07) is 0. The van der Waals surface area contributed by atoms with Gasteiger partial charge < -0.3 is 10.5 Å². The molecule has 4 heteroatoms. The van der Waals surface area contributed by atoms with Crippen LogP contribution in [0.1, 0.15) is 18.3 Å². The number of hydrogen-bond donors (Lipinski definition) is 1. The van der Waals surface area contributed by atoms with Gasteiger partial charge in [-0.1, -0.05) is 0 Å². The maximum Gasteiger partial charge on any atom is 0.163 e. The van der Waals surface area contributed by atoms with Gasteiger partial charge in [-0.2, -0.15) is 5.10 Å². The fourth-order valence-electron chi connectivity index (χ4n) is 1.36. The molecule has 0 radical (unpaired) electrons. The summed E-state index contributed by atoms with van der Waals surface area (Å²) in [5.41, 5.74) is 7.38. The molecular formula is C9H17N3O. The standard InChI is InChI=1S/C9H17N3O/c1-4-12-8(3)9(7(2)11-12)13-6-5-10/h4-6,10H2,1-3H3. The smallest absolute Gasteiger partial charge is 0.163 e. The fraction of sp³-hybridized carbons (Fsp3) is 0.667. The highest BCUT2D eigenvalue weighted by Crippen LogP contribution is 2.21. The first-order valence-electron chi connectivity index (χ1n) is 4.57. The summed E-state index contributed by atoms with van der Waals surface area (Å²) < 4.78 is 7.42. The summed E-state index contributed by atoms with van der Waals surface area (Å²) in [7, 11) is 0. The van der Waals surface area contributed by atoms with Crippen LogP contribution in [-0.4, -0.2) is 22.9 Å². The van der Waals surface area contributed by atoms with E-state index in [2.05, 4.69) is 12.0 Å². The van der Waals surface area contributed by atoms with Crippen LogP contribution >= 0.6 is 0 Å². The Morgan fingerprint density at radius 2 is 2.15 bits per heavy atom. The number of aromatic nitrogens is 2. The maximum atomic E-state index is 5.49. The molecule has 0 atom stereocenters. The number of aryl methyl sites for hydroxylation is 2. The summed E-state index contributed by atoms with van der Waals surface area (Å²) in [6.07, 6.45) is 0. The monoisotopic (exact) mass is 183 g/mol. The SMILES string of the molecule is CCn1nc(C)c(OCCN)c1C. The third-order valence-corrected chi connectivity index (χ3v) is 1.98. The molecule has 0 amide bonds. The minimum Gasteiger partial charge on any atom is -0.488 e. The third kappa shape index (κ3) is 2.01. The van der Waals surface area contributed by atoms with Crippen LogP contribution in [0.2, 0.25) is 0 Å². The first-order chi connectivity index (χ1) is 6.20. The van der Waals surface area contributed by atoms with Crippen molar-refractivity contribution in [3.8, 4) is 5.75 Å². The van der Waals surface area contributed by atoms with Crippen LogP contribution < -0.4 is 10.5 Å². The Morgan fingerprint density at radius 3 is 2.62 bits per heavy atom. The number of ether oxygens (including phenoxy) is 1. The molecule has 0 aromatic carbocycles. The molecule has 0 bridgehead atoms. The van der Waals surface area contributed by atoms with Gasteiger partial charge in [0.2, 0.25) is 0 Å². The van der Waals surface area contributed by atoms with Crippen molar-refractivity contribution in [1.29, 1.82) is 0 Å². The summed E-state index contributed by atoms with van der Waals surface area (Å²) in [4.78, 5) is 0. The summed E-state index contributed by atoms with van der Waals surface area (Å²) >= 11 is 0. The van der Waals surface area contributed by atoms with Gasteiger partial charge in [0.25, 0.3) is 0 Å². The third-order valence-electron chi connectivity index (χ3n) is 1.98. The fourth-order valence-corrected chi connectivity index (χ4v) is 1.36. The Kier molecular flexibility index (Phi) is 3.31.